The minimum atomic E-state index is -6.70. The molecule has 0 radical (unpaired) electrons. The van der Waals surface area contributed by atoms with Gasteiger partial charge in [0, 0.05) is 5.56 Å². The van der Waals surface area contributed by atoms with Crippen molar-refractivity contribution >= 4 is 17.6 Å². The van der Waals surface area contributed by atoms with Gasteiger partial charge >= 0.3 is 24.2 Å². The predicted molar refractivity (Wildman–Crippen MR) is 72.6 cm³/mol. The molecular weight excluding hydrogens is 380 g/mol. The lowest BCUT2D eigenvalue weighted by Gasteiger charge is -2.31. The zero-order valence-corrected chi connectivity index (χ0v) is 12.5. The summed E-state index contributed by atoms with van der Waals surface area (Å²) in [6.07, 6.45) is -5.78. The van der Waals surface area contributed by atoms with Gasteiger partial charge in [-0.15, -0.1) is 0 Å². The third-order valence-electron chi connectivity index (χ3n) is 3.16. The molecule has 1 aromatic rings. The molecule has 1 aromatic carbocycles. The van der Waals surface area contributed by atoms with Crippen LogP contribution in [0.5, 0.6) is 5.75 Å². The summed E-state index contributed by atoms with van der Waals surface area (Å²) in [4.78, 5) is 22.5. The number of benzene rings is 1. The normalized spacial score (nSPS) is 13.4. The van der Waals surface area contributed by atoms with E-state index < -0.39 is 42.2 Å². The Labute approximate surface area is 140 Å². The van der Waals surface area contributed by atoms with Gasteiger partial charge in [-0.1, -0.05) is 18.2 Å². The van der Waals surface area contributed by atoms with Gasteiger partial charge in [0.1, 0.15) is 5.75 Å². The van der Waals surface area contributed by atoms with Crippen molar-refractivity contribution < 1.29 is 49.8 Å². The molecule has 1 N–H and O–H groups in total. The predicted octanol–water partition coefficient (Wildman–Crippen LogP) is 4.10. The van der Waals surface area contributed by atoms with E-state index in [0.29, 0.717) is 6.08 Å². The Kier molecular flexibility index (Phi) is 6.16. The number of hydrogen-bond acceptors (Lipinski definition) is 3. The highest BCUT2D eigenvalue weighted by Crippen LogP contribution is 2.49. The SMILES string of the molecule is O=C(/C=C/c1ccccc1O)CC(=O)C(F)(F)C(F)(F)C(F)(F)C(F)F. The lowest BCUT2D eigenvalue weighted by atomic mass is 9.97. The third-order valence-corrected chi connectivity index (χ3v) is 3.16. The van der Waals surface area contributed by atoms with Crippen LogP contribution in [0.25, 0.3) is 6.08 Å². The minimum Gasteiger partial charge on any atom is -0.507 e. The summed E-state index contributed by atoms with van der Waals surface area (Å²) in [6.45, 7) is 0. The monoisotopic (exact) mass is 390 g/mol. The van der Waals surface area contributed by atoms with Crippen molar-refractivity contribution in [2.24, 2.45) is 0 Å². The van der Waals surface area contributed by atoms with Crippen LogP contribution >= 0.6 is 0 Å². The number of allylic oxidation sites excluding steroid dienone is 1. The summed E-state index contributed by atoms with van der Waals surface area (Å²) in [5.41, 5.74) is 0.00891. The second-order valence-corrected chi connectivity index (χ2v) is 5.03. The molecule has 0 fully saturated rings. The van der Waals surface area contributed by atoms with Crippen LogP contribution in [0.3, 0.4) is 0 Å². The standard InChI is InChI=1S/C15H10F8O3/c16-12(17)14(20,21)15(22,23)13(18,19)11(26)7-9(24)6-5-8-3-1-2-4-10(8)25/h1-6,12,25H,7H2/b6-5+. The summed E-state index contributed by atoms with van der Waals surface area (Å²) in [6, 6.07) is 5.28. The van der Waals surface area contributed by atoms with E-state index in [0.717, 1.165) is 6.08 Å². The van der Waals surface area contributed by atoms with Crippen molar-refractivity contribution in [3.63, 3.8) is 0 Å². The first kappa shape index (κ1) is 21.6. The Bertz CT molecular complexity index is 713. The van der Waals surface area contributed by atoms with E-state index in [1.807, 2.05) is 0 Å². The lowest BCUT2D eigenvalue weighted by Crippen LogP contribution is -2.60. The van der Waals surface area contributed by atoms with Crippen molar-refractivity contribution in [2.75, 3.05) is 0 Å². The van der Waals surface area contributed by atoms with Crippen LogP contribution in [0, 0.1) is 0 Å². The van der Waals surface area contributed by atoms with Crippen LogP contribution in [0.15, 0.2) is 30.3 Å². The molecule has 0 aliphatic rings. The molecule has 3 nitrogen and oxygen atoms in total. The number of carbonyl (C=O) groups excluding carboxylic acids is 2. The van der Waals surface area contributed by atoms with Gasteiger partial charge in [-0.05, 0) is 18.2 Å². The van der Waals surface area contributed by atoms with Gasteiger partial charge in [-0.3, -0.25) is 9.59 Å². The number of alkyl halides is 8. The molecule has 0 amide bonds. The number of hydrogen-bond donors (Lipinski definition) is 1. The van der Waals surface area contributed by atoms with Crippen molar-refractivity contribution in [1.29, 1.82) is 0 Å². The quantitative estimate of drug-likeness (QED) is 0.413. The first-order valence-corrected chi connectivity index (χ1v) is 6.69. The average molecular weight is 390 g/mol. The van der Waals surface area contributed by atoms with E-state index in [1.165, 1.54) is 24.3 Å². The van der Waals surface area contributed by atoms with E-state index in [2.05, 4.69) is 0 Å². The average Bonchev–Trinajstić information content (AvgIpc) is 2.53. The second-order valence-electron chi connectivity index (χ2n) is 5.03. The van der Waals surface area contributed by atoms with Gasteiger partial charge in [0.25, 0.3) is 0 Å². The number of aromatic hydroxyl groups is 1. The number of carbonyl (C=O) groups is 2. The molecule has 0 saturated heterocycles. The highest BCUT2D eigenvalue weighted by Gasteiger charge is 2.77. The van der Waals surface area contributed by atoms with Crippen LogP contribution < -0.4 is 0 Å². The highest BCUT2D eigenvalue weighted by molar-refractivity contribution is 6.08. The van der Waals surface area contributed by atoms with Crippen molar-refractivity contribution in [3.8, 4) is 5.75 Å². The molecule has 0 saturated carbocycles. The van der Waals surface area contributed by atoms with E-state index in [-0.39, 0.29) is 11.3 Å². The first-order chi connectivity index (χ1) is 11.7. The van der Waals surface area contributed by atoms with Gasteiger partial charge in [0.2, 0.25) is 5.78 Å². The van der Waals surface area contributed by atoms with Crippen LogP contribution in [0.1, 0.15) is 12.0 Å². The maximum absolute atomic E-state index is 13.3. The zero-order chi connectivity index (χ0) is 20.3. The number of Topliss-reactive ketones (excluding diaryl/α,β-unsaturated/α-hetero) is 1. The van der Waals surface area contributed by atoms with Gasteiger partial charge in [0.05, 0.1) is 6.42 Å². The van der Waals surface area contributed by atoms with Crippen molar-refractivity contribution in [1.82, 2.24) is 0 Å². The molecule has 0 unspecified atom stereocenters. The van der Waals surface area contributed by atoms with Crippen LogP contribution in [-0.4, -0.2) is 40.9 Å². The fourth-order valence-electron chi connectivity index (χ4n) is 1.66. The fraction of sp³-hybridized carbons (Fsp3) is 0.333. The topological polar surface area (TPSA) is 54.4 Å². The minimum absolute atomic E-state index is 0.00891. The van der Waals surface area contributed by atoms with Gasteiger partial charge < -0.3 is 5.11 Å². The van der Waals surface area contributed by atoms with Crippen LogP contribution in [0.2, 0.25) is 0 Å². The summed E-state index contributed by atoms with van der Waals surface area (Å²) >= 11 is 0. The Balaban J connectivity index is 2.94. The molecule has 0 heterocycles. The first-order valence-electron chi connectivity index (χ1n) is 6.69. The summed E-state index contributed by atoms with van der Waals surface area (Å²) in [5.74, 6) is -24.2. The largest absolute Gasteiger partial charge is 0.507 e. The number of ketones is 2. The van der Waals surface area contributed by atoms with E-state index in [4.69, 9.17) is 0 Å². The van der Waals surface area contributed by atoms with Crippen LogP contribution in [-0.2, 0) is 9.59 Å². The molecular formula is C15H10F8O3. The van der Waals surface area contributed by atoms with Gasteiger partial charge in [-0.25, -0.2) is 8.78 Å². The molecule has 0 aliphatic heterocycles. The molecule has 26 heavy (non-hydrogen) atoms. The van der Waals surface area contributed by atoms with Crippen LogP contribution in [0.4, 0.5) is 35.1 Å². The molecule has 144 valence electrons. The molecule has 0 atom stereocenters. The maximum Gasteiger partial charge on any atom is 0.385 e. The second kappa shape index (κ2) is 7.42. The molecule has 0 bridgehead atoms. The Morgan fingerprint density at radius 1 is 1.04 bits per heavy atom. The molecule has 11 heteroatoms. The Morgan fingerprint density at radius 2 is 1.58 bits per heavy atom. The highest BCUT2D eigenvalue weighted by atomic mass is 19.4. The number of halogens is 8. The van der Waals surface area contributed by atoms with Gasteiger partial charge in [-0.2, -0.15) is 26.3 Å². The van der Waals surface area contributed by atoms with E-state index in [1.54, 1.807) is 0 Å². The number of para-hydroxylation sites is 1. The maximum atomic E-state index is 13.3. The van der Waals surface area contributed by atoms with Crippen molar-refractivity contribution in [3.05, 3.63) is 35.9 Å². The number of phenols is 1. The van der Waals surface area contributed by atoms with E-state index in [9.17, 15) is 49.8 Å². The third kappa shape index (κ3) is 4.02. The molecule has 0 aliphatic carbocycles. The lowest BCUT2D eigenvalue weighted by molar-refractivity contribution is -0.327. The zero-order valence-electron chi connectivity index (χ0n) is 12.5. The molecule has 1 rings (SSSR count). The molecule has 0 aromatic heterocycles. The number of rotatable bonds is 8. The summed E-state index contributed by atoms with van der Waals surface area (Å²) in [5, 5.41) is 9.38. The summed E-state index contributed by atoms with van der Waals surface area (Å²) in [7, 11) is 0. The van der Waals surface area contributed by atoms with Gasteiger partial charge in [0.15, 0.2) is 5.78 Å². The van der Waals surface area contributed by atoms with Crippen molar-refractivity contribution in [2.45, 2.75) is 30.6 Å². The Hall–Kier alpha value is -2.46. The van der Waals surface area contributed by atoms with E-state index >= 15 is 0 Å². The Morgan fingerprint density at radius 3 is 2.08 bits per heavy atom. The molecule has 0 spiro atoms. The fourth-order valence-corrected chi connectivity index (χ4v) is 1.66. The number of phenolic OH excluding ortho intramolecular Hbond substituents is 1. The summed E-state index contributed by atoms with van der Waals surface area (Å²) < 4.78 is 102. The smallest absolute Gasteiger partial charge is 0.385 e.